The van der Waals surface area contributed by atoms with Crippen molar-refractivity contribution in [2.45, 2.75) is 187 Å². The Morgan fingerprint density at radius 3 is 1.52 bits per heavy atom. The highest BCUT2D eigenvalue weighted by atomic mass is 31.2. The lowest BCUT2D eigenvalue weighted by Crippen LogP contribution is -2.37. The summed E-state index contributed by atoms with van der Waals surface area (Å²) in [7, 11) is 1.15. The van der Waals surface area contributed by atoms with Gasteiger partial charge in [0, 0.05) is 12.8 Å². The first kappa shape index (κ1) is 50.5. The topological polar surface area (TPSA) is 111 Å². The number of likely N-dealkylation sites (N-methyl/N-ethyl adjacent to an activating group) is 1. The van der Waals surface area contributed by atoms with Crippen molar-refractivity contribution in [3.63, 3.8) is 0 Å². The molecule has 0 aliphatic rings. The van der Waals surface area contributed by atoms with Crippen molar-refractivity contribution >= 4 is 19.8 Å². The van der Waals surface area contributed by atoms with E-state index in [0.717, 1.165) is 44.9 Å². The number of rotatable bonds is 38. The van der Waals surface area contributed by atoms with Crippen LogP contribution in [0.25, 0.3) is 0 Å². The second kappa shape index (κ2) is 35.2. The van der Waals surface area contributed by atoms with Crippen molar-refractivity contribution < 1.29 is 42.1 Å². The molecule has 0 bridgehead atoms. The Balaban J connectivity index is 4.43. The minimum Gasteiger partial charge on any atom is -0.756 e. The number of hydrogen-bond donors (Lipinski definition) is 0. The van der Waals surface area contributed by atoms with Gasteiger partial charge in [-0.3, -0.25) is 14.2 Å². The second-order valence-electron chi connectivity index (χ2n) is 15.3. The van der Waals surface area contributed by atoms with Crippen molar-refractivity contribution in [2.24, 2.45) is 0 Å². The Labute approximate surface area is 319 Å². The first-order valence-corrected chi connectivity index (χ1v) is 22.5. The number of allylic oxidation sites excluding steroid dienone is 4. The van der Waals surface area contributed by atoms with Gasteiger partial charge in [-0.1, -0.05) is 141 Å². The lowest BCUT2D eigenvalue weighted by atomic mass is 10.1. The molecule has 0 heterocycles. The third-order valence-corrected chi connectivity index (χ3v) is 9.92. The Morgan fingerprint density at radius 1 is 0.577 bits per heavy atom. The molecule has 0 spiro atoms. The zero-order chi connectivity index (χ0) is 38.6. The van der Waals surface area contributed by atoms with E-state index in [2.05, 4.69) is 32.1 Å². The van der Waals surface area contributed by atoms with Crippen LogP contribution in [-0.4, -0.2) is 70.0 Å². The fourth-order valence-electron chi connectivity index (χ4n) is 5.61. The molecular weight excluding hydrogens is 677 g/mol. The molecule has 0 aromatic rings. The predicted molar refractivity (Wildman–Crippen MR) is 213 cm³/mol. The van der Waals surface area contributed by atoms with Crippen molar-refractivity contribution in [1.82, 2.24) is 0 Å². The second-order valence-corrected chi connectivity index (χ2v) is 16.8. The molecule has 1 unspecified atom stereocenters. The van der Waals surface area contributed by atoms with Crippen LogP contribution < -0.4 is 4.89 Å². The maximum Gasteiger partial charge on any atom is 0.306 e. The van der Waals surface area contributed by atoms with Gasteiger partial charge in [0.2, 0.25) is 0 Å². The Kier molecular flexibility index (Phi) is 34.2. The molecule has 0 aromatic carbocycles. The van der Waals surface area contributed by atoms with Crippen molar-refractivity contribution in [3.8, 4) is 0 Å². The molecule has 0 saturated heterocycles. The molecule has 0 aliphatic carbocycles. The number of esters is 2. The zero-order valence-corrected chi connectivity index (χ0v) is 35.2. The summed E-state index contributed by atoms with van der Waals surface area (Å²) in [6.07, 6.45) is 36.4. The average molecular weight is 758 g/mol. The van der Waals surface area contributed by atoms with E-state index in [1.807, 2.05) is 27.2 Å². The quantitative estimate of drug-likeness (QED) is 0.0201. The Morgan fingerprint density at radius 2 is 1.02 bits per heavy atom. The molecule has 0 N–H and O–H groups in total. The predicted octanol–water partition coefficient (Wildman–Crippen LogP) is 10.9. The molecule has 10 heteroatoms. The third kappa shape index (κ3) is 38.2. The van der Waals surface area contributed by atoms with Crippen LogP contribution in [0.4, 0.5) is 0 Å². The molecule has 0 rings (SSSR count). The van der Waals surface area contributed by atoms with Crippen LogP contribution in [0.2, 0.25) is 0 Å². The fraction of sp³-hybridized carbons (Fsp3) is 0.857. The first-order chi connectivity index (χ1) is 25.0. The number of unbranched alkanes of at least 4 members (excludes halogenated alkanes) is 20. The number of quaternary nitrogens is 1. The van der Waals surface area contributed by atoms with Crippen LogP contribution in [0.5, 0.6) is 0 Å². The molecule has 0 radical (unpaired) electrons. The number of hydrogen-bond acceptors (Lipinski definition) is 8. The number of carbonyl (C=O) groups is 2. The number of phosphoric acid groups is 1. The van der Waals surface area contributed by atoms with Gasteiger partial charge in [0.1, 0.15) is 19.8 Å². The SMILES string of the molecule is CCCCCC/C=C/CCCCCCCC(=O)O[C@H](COC(=O)CC/C=C/CCCCCCCCCCCCC)COP(=O)([O-])OCC[N+](C)(C)C. The normalized spacial score (nSPS) is 13.9. The first-order valence-electron chi connectivity index (χ1n) is 21.0. The highest BCUT2D eigenvalue weighted by Crippen LogP contribution is 2.38. The van der Waals surface area contributed by atoms with Gasteiger partial charge in [-0.05, 0) is 51.4 Å². The average Bonchev–Trinajstić information content (AvgIpc) is 3.09. The van der Waals surface area contributed by atoms with Crippen LogP contribution in [0.1, 0.15) is 181 Å². The van der Waals surface area contributed by atoms with E-state index in [4.69, 9.17) is 18.5 Å². The van der Waals surface area contributed by atoms with E-state index in [-0.39, 0.29) is 26.1 Å². The van der Waals surface area contributed by atoms with E-state index >= 15 is 0 Å². The van der Waals surface area contributed by atoms with E-state index in [1.165, 1.54) is 96.3 Å². The highest BCUT2D eigenvalue weighted by Gasteiger charge is 2.21. The van der Waals surface area contributed by atoms with Crippen LogP contribution in [-0.2, 0) is 32.7 Å². The molecule has 0 saturated carbocycles. The Hall–Kier alpha value is -1.51. The highest BCUT2D eigenvalue weighted by molar-refractivity contribution is 7.45. The lowest BCUT2D eigenvalue weighted by Gasteiger charge is -2.28. The van der Waals surface area contributed by atoms with Gasteiger partial charge < -0.3 is 27.9 Å². The summed E-state index contributed by atoms with van der Waals surface area (Å²) in [5, 5.41) is 0. The maximum atomic E-state index is 12.6. The maximum absolute atomic E-state index is 12.6. The van der Waals surface area contributed by atoms with Gasteiger partial charge >= 0.3 is 11.9 Å². The molecule has 52 heavy (non-hydrogen) atoms. The number of carbonyl (C=O) groups excluding carboxylic acids is 2. The Bertz CT molecular complexity index is 949. The molecular formula is C42H80NO8P. The summed E-state index contributed by atoms with van der Waals surface area (Å²) in [5.74, 6) is -0.899. The summed E-state index contributed by atoms with van der Waals surface area (Å²) in [4.78, 5) is 37.4. The minimum atomic E-state index is -4.63. The van der Waals surface area contributed by atoms with Crippen LogP contribution in [0.3, 0.4) is 0 Å². The summed E-state index contributed by atoms with van der Waals surface area (Å²) < 4.78 is 33.8. The van der Waals surface area contributed by atoms with Gasteiger partial charge in [-0.25, -0.2) is 0 Å². The molecule has 0 amide bonds. The van der Waals surface area contributed by atoms with Crippen LogP contribution in [0, 0.1) is 0 Å². The molecule has 9 nitrogen and oxygen atoms in total. The van der Waals surface area contributed by atoms with Gasteiger partial charge in [0.05, 0.1) is 27.7 Å². The van der Waals surface area contributed by atoms with Crippen molar-refractivity contribution in [3.05, 3.63) is 24.3 Å². The number of phosphoric ester groups is 1. The van der Waals surface area contributed by atoms with Gasteiger partial charge in [-0.2, -0.15) is 0 Å². The number of ether oxygens (including phenoxy) is 2. The zero-order valence-electron chi connectivity index (χ0n) is 34.3. The summed E-state index contributed by atoms with van der Waals surface area (Å²) in [6, 6.07) is 0. The smallest absolute Gasteiger partial charge is 0.306 e. The van der Waals surface area contributed by atoms with E-state index in [1.54, 1.807) is 0 Å². The number of nitrogens with zero attached hydrogens (tertiary/aromatic N) is 1. The summed E-state index contributed by atoms with van der Waals surface area (Å²) in [5.41, 5.74) is 0. The van der Waals surface area contributed by atoms with Crippen LogP contribution in [0.15, 0.2) is 24.3 Å². The summed E-state index contributed by atoms with van der Waals surface area (Å²) in [6.45, 7) is 4.16. The van der Waals surface area contributed by atoms with Gasteiger partial charge in [0.25, 0.3) is 7.82 Å². The monoisotopic (exact) mass is 758 g/mol. The van der Waals surface area contributed by atoms with E-state index in [9.17, 15) is 19.0 Å². The lowest BCUT2D eigenvalue weighted by molar-refractivity contribution is -0.870. The van der Waals surface area contributed by atoms with E-state index in [0.29, 0.717) is 23.9 Å². The molecule has 0 aromatic heterocycles. The van der Waals surface area contributed by atoms with E-state index < -0.39 is 32.5 Å². The van der Waals surface area contributed by atoms with Crippen LogP contribution >= 0.6 is 7.82 Å². The van der Waals surface area contributed by atoms with Crippen molar-refractivity contribution in [1.29, 1.82) is 0 Å². The molecule has 0 fully saturated rings. The molecule has 0 aliphatic heterocycles. The fourth-order valence-corrected chi connectivity index (χ4v) is 6.34. The van der Waals surface area contributed by atoms with Gasteiger partial charge in [-0.15, -0.1) is 0 Å². The van der Waals surface area contributed by atoms with Gasteiger partial charge in [0.15, 0.2) is 6.10 Å². The van der Waals surface area contributed by atoms with Crippen molar-refractivity contribution in [2.75, 3.05) is 47.5 Å². The third-order valence-electron chi connectivity index (χ3n) is 8.96. The molecule has 306 valence electrons. The standard InChI is InChI=1S/C42H80NO8P/c1-6-8-10-12-14-16-18-20-21-23-24-26-28-30-32-34-41(44)48-38-40(39-50-52(46,47)49-37-36-43(3,4)5)51-42(45)35-33-31-29-27-25-22-19-17-15-13-11-9-7-2/h17,19,28,30,40H,6-16,18,20-27,29,31-39H2,1-5H3/b19-17+,30-28+/t40-/m1/s1. The summed E-state index contributed by atoms with van der Waals surface area (Å²) >= 11 is 0. The molecule has 2 atom stereocenters. The largest absolute Gasteiger partial charge is 0.756 e. The minimum absolute atomic E-state index is 0.0359.